The molecule has 2 rings (SSSR count). The summed E-state index contributed by atoms with van der Waals surface area (Å²) in [6.07, 6.45) is 4.36. The van der Waals surface area contributed by atoms with Crippen LogP contribution in [-0.4, -0.2) is 18.1 Å². The van der Waals surface area contributed by atoms with E-state index in [1.54, 1.807) is 0 Å². The van der Waals surface area contributed by atoms with Crippen molar-refractivity contribution in [1.82, 2.24) is 4.98 Å². The molecular formula is C12H15N3O. The summed E-state index contributed by atoms with van der Waals surface area (Å²) < 4.78 is 5.38. The summed E-state index contributed by atoms with van der Waals surface area (Å²) in [5.74, 6) is 0.439. The fourth-order valence-electron chi connectivity index (χ4n) is 1.96. The van der Waals surface area contributed by atoms with E-state index < -0.39 is 0 Å². The Morgan fingerprint density at radius 3 is 3.00 bits per heavy atom. The lowest BCUT2D eigenvalue weighted by Crippen LogP contribution is -2.14. The number of hydrogen-bond acceptors (Lipinski definition) is 4. The number of pyridine rings is 1. The van der Waals surface area contributed by atoms with Crippen LogP contribution in [0.3, 0.4) is 0 Å². The average molecular weight is 217 g/mol. The molecule has 0 aliphatic heterocycles. The highest BCUT2D eigenvalue weighted by Crippen LogP contribution is 2.25. The van der Waals surface area contributed by atoms with Crippen molar-refractivity contribution >= 4 is 0 Å². The summed E-state index contributed by atoms with van der Waals surface area (Å²) in [7, 11) is 0. The third-order valence-electron chi connectivity index (χ3n) is 2.74. The van der Waals surface area contributed by atoms with Crippen LogP contribution in [-0.2, 0) is 12.8 Å². The normalized spacial score (nSPS) is 14.0. The predicted octanol–water partition coefficient (Wildman–Crippen LogP) is 1.17. The number of rotatable bonds is 3. The monoisotopic (exact) mass is 217 g/mol. The van der Waals surface area contributed by atoms with Gasteiger partial charge in [0.15, 0.2) is 0 Å². The summed E-state index contributed by atoms with van der Waals surface area (Å²) in [5, 5.41) is 9.02. The zero-order chi connectivity index (χ0) is 11.4. The lowest BCUT2D eigenvalue weighted by Gasteiger charge is -2.16. The maximum absolute atomic E-state index is 9.02. The molecule has 0 unspecified atom stereocenters. The van der Waals surface area contributed by atoms with Crippen LogP contribution >= 0.6 is 0 Å². The molecule has 0 spiro atoms. The van der Waals surface area contributed by atoms with Gasteiger partial charge in [0, 0.05) is 12.2 Å². The molecule has 0 saturated heterocycles. The molecule has 0 aromatic carbocycles. The van der Waals surface area contributed by atoms with Crippen LogP contribution in [0.5, 0.6) is 5.88 Å². The Labute approximate surface area is 95.0 Å². The number of hydrogen-bond donors (Lipinski definition) is 1. The summed E-state index contributed by atoms with van der Waals surface area (Å²) in [6, 6.07) is 4.04. The Kier molecular flexibility index (Phi) is 3.37. The van der Waals surface area contributed by atoms with E-state index in [-0.39, 0.29) is 0 Å². The number of aromatic nitrogens is 1. The highest BCUT2D eigenvalue weighted by atomic mass is 16.5. The molecule has 0 bridgehead atoms. The first-order valence-electron chi connectivity index (χ1n) is 5.61. The molecule has 1 aliphatic carbocycles. The Hall–Kier alpha value is -1.60. The van der Waals surface area contributed by atoms with Crippen LogP contribution in [0.1, 0.15) is 29.7 Å². The van der Waals surface area contributed by atoms with Crippen LogP contribution in [0.25, 0.3) is 0 Å². The standard InChI is InChI=1S/C12H15N3O/c13-5-6-16-12-10(8-14)7-9-3-1-2-4-11(9)15-12/h7H,1-6,13H2. The first kappa shape index (κ1) is 10.9. The van der Waals surface area contributed by atoms with Crippen molar-refractivity contribution in [3.05, 3.63) is 22.9 Å². The zero-order valence-electron chi connectivity index (χ0n) is 9.20. The van der Waals surface area contributed by atoms with Gasteiger partial charge >= 0.3 is 0 Å². The maximum atomic E-state index is 9.02. The van der Waals surface area contributed by atoms with Crippen molar-refractivity contribution in [3.63, 3.8) is 0 Å². The first-order chi connectivity index (χ1) is 7.85. The van der Waals surface area contributed by atoms with Crippen LogP contribution in [0, 0.1) is 11.3 Å². The lowest BCUT2D eigenvalue weighted by molar-refractivity contribution is 0.313. The quantitative estimate of drug-likeness (QED) is 0.824. The molecule has 4 heteroatoms. The fourth-order valence-corrected chi connectivity index (χ4v) is 1.96. The highest BCUT2D eigenvalue weighted by Gasteiger charge is 2.15. The van der Waals surface area contributed by atoms with Crippen LogP contribution in [0.4, 0.5) is 0 Å². The minimum absolute atomic E-state index is 0.403. The number of fused-ring (bicyclic) bond motifs is 1. The number of nitriles is 1. The molecular weight excluding hydrogens is 202 g/mol. The zero-order valence-corrected chi connectivity index (χ0v) is 9.20. The van der Waals surface area contributed by atoms with Crippen molar-refractivity contribution in [2.24, 2.45) is 5.73 Å². The molecule has 0 amide bonds. The first-order valence-corrected chi connectivity index (χ1v) is 5.61. The molecule has 1 aromatic heterocycles. The second-order valence-electron chi connectivity index (χ2n) is 3.90. The SMILES string of the molecule is N#Cc1cc2c(nc1OCCN)CCCC2. The van der Waals surface area contributed by atoms with E-state index in [9.17, 15) is 0 Å². The van der Waals surface area contributed by atoms with Gasteiger partial charge < -0.3 is 10.5 Å². The van der Waals surface area contributed by atoms with Gasteiger partial charge in [-0.25, -0.2) is 4.98 Å². The van der Waals surface area contributed by atoms with E-state index in [1.165, 1.54) is 18.4 Å². The summed E-state index contributed by atoms with van der Waals surface area (Å²) in [4.78, 5) is 4.42. The Morgan fingerprint density at radius 1 is 1.44 bits per heavy atom. The maximum Gasteiger partial charge on any atom is 0.231 e. The van der Waals surface area contributed by atoms with E-state index in [0.717, 1.165) is 18.5 Å². The predicted molar refractivity (Wildman–Crippen MR) is 60.1 cm³/mol. The molecule has 4 nitrogen and oxygen atoms in total. The van der Waals surface area contributed by atoms with Gasteiger partial charge in [0.1, 0.15) is 18.2 Å². The second kappa shape index (κ2) is 4.95. The van der Waals surface area contributed by atoms with Crippen molar-refractivity contribution in [2.75, 3.05) is 13.2 Å². The molecule has 0 fully saturated rings. The minimum Gasteiger partial charge on any atom is -0.475 e. The number of nitrogens with zero attached hydrogens (tertiary/aromatic N) is 2. The fraction of sp³-hybridized carbons (Fsp3) is 0.500. The summed E-state index contributed by atoms with van der Waals surface area (Å²) >= 11 is 0. The van der Waals surface area contributed by atoms with E-state index in [0.29, 0.717) is 24.6 Å². The molecule has 16 heavy (non-hydrogen) atoms. The smallest absolute Gasteiger partial charge is 0.231 e. The third-order valence-corrected chi connectivity index (χ3v) is 2.74. The van der Waals surface area contributed by atoms with Crippen molar-refractivity contribution < 1.29 is 4.74 Å². The van der Waals surface area contributed by atoms with Crippen molar-refractivity contribution in [2.45, 2.75) is 25.7 Å². The van der Waals surface area contributed by atoms with Gasteiger partial charge in [-0.1, -0.05) is 0 Å². The number of aryl methyl sites for hydroxylation is 2. The lowest BCUT2D eigenvalue weighted by atomic mass is 9.95. The van der Waals surface area contributed by atoms with Crippen LogP contribution in [0.2, 0.25) is 0 Å². The van der Waals surface area contributed by atoms with Gasteiger partial charge in [0.25, 0.3) is 0 Å². The largest absolute Gasteiger partial charge is 0.475 e. The van der Waals surface area contributed by atoms with E-state index in [4.69, 9.17) is 15.7 Å². The van der Waals surface area contributed by atoms with Gasteiger partial charge in [-0.15, -0.1) is 0 Å². The molecule has 0 saturated carbocycles. The number of nitrogens with two attached hydrogens (primary N) is 1. The van der Waals surface area contributed by atoms with Gasteiger partial charge in [0.2, 0.25) is 5.88 Å². The van der Waals surface area contributed by atoms with Gasteiger partial charge in [-0.3, -0.25) is 0 Å². The molecule has 0 atom stereocenters. The third kappa shape index (κ3) is 2.15. The van der Waals surface area contributed by atoms with Crippen molar-refractivity contribution in [3.8, 4) is 11.9 Å². The van der Waals surface area contributed by atoms with E-state index >= 15 is 0 Å². The number of ether oxygens (including phenoxy) is 1. The molecule has 1 aromatic rings. The molecule has 84 valence electrons. The summed E-state index contributed by atoms with van der Waals surface area (Å²) in [5.41, 5.74) is 8.17. The van der Waals surface area contributed by atoms with E-state index in [1.807, 2.05) is 6.07 Å². The second-order valence-corrected chi connectivity index (χ2v) is 3.90. The molecule has 1 aliphatic rings. The molecule has 1 heterocycles. The van der Waals surface area contributed by atoms with Gasteiger partial charge in [-0.05, 0) is 37.3 Å². The average Bonchev–Trinajstić information content (AvgIpc) is 2.35. The Balaban J connectivity index is 2.32. The van der Waals surface area contributed by atoms with Crippen LogP contribution < -0.4 is 10.5 Å². The van der Waals surface area contributed by atoms with Crippen molar-refractivity contribution in [1.29, 1.82) is 5.26 Å². The summed E-state index contributed by atoms with van der Waals surface area (Å²) in [6.45, 7) is 0.837. The Bertz CT molecular complexity index is 423. The van der Waals surface area contributed by atoms with E-state index in [2.05, 4.69) is 11.1 Å². The highest BCUT2D eigenvalue weighted by molar-refractivity contribution is 5.43. The molecule has 2 N–H and O–H groups in total. The topological polar surface area (TPSA) is 71.9 Å². The van der Waals surface area contributed by atoms with Gasteiger partial charge in [-0.2, -0.15) is 5.26 Å². The Morgan fingerprint density at radius 2 is 2.25 bits per heavy atom. The minimum atomic E-state index is 0.403. The van der Waals surface area contributed by atoms with Crippen LogP contribution in [0.15, 0.2) is 6.07 Å². The molecule has 0 radical (unpaired) electrons. The van der Waals surface area contributed by atoms with Gasteiger partial charge in [0.05, 0.1) is 0 Å².